The zero-order valence-electron chi connectivity index (χ0n) is 11.9. The van der Waals surface area contributed by atoms with Crippen molar-refractivity contribution in [3.05, 3.63) is 28.6 Å². The standard InChI is InChI=1S/C16H17N3OS/c1-10-4-2-5-12-13(18)15(21-14(10)12)16(20)19(9-3-8-17)11-6-7-11/h2,4-5,11H,3,6-7,9,18H2,1H3. The number of nitrogen functional groups attached to an aromatic ring is 1. The number of amides is 1. The predicted octanol–water partition coefficient (Wildman–Crippen LogP) is 3.31. The van der Waals surface area contributed by atoms with Gasteiger partial charge in [0.05, 0.1) is 18.2 Å². The average Bonchev–Trinajstić information content (AvgIpc) is 3.25. The minimum Gasteiger partial charge on any atom is -0.397 e. The number of hydrogen-bond acceptors (Lipinski definition) is 4. The second-order valence-electron chi connectivity index (χ2n) is 5.43. The normalized spacial score (nSPS) is 14.1. The number of aryl methyl sites for hydroxylation is 1. The van der Waals surface area contributed by atoms with E-state index in [9.17, 15) is 4.79 Å². The molecular weight excluding hydrogens is 282 g/mol. The summed E-state index contributed by atoms with van der Waals surface area (Å²) in [6.45, 7) is 2.52. The van der Waals surface area contributed by atoms with Crippen molar-refractivity contribution in [2.24, 2.45) is 0 Å². The van der Waals surface area contributed by atoms with Gasteiger partial charge in [0.25, 0.3) is 5.91 Å². The highest BCUT2D eigenvalue weighted by Gasteiger charge is 2.34. The van der Waals surface area contributed by atoms with Crippen LogP contribution in [0.25, 0.3) is 10.1 Å². The van der Waals surface area contributed by atoms with Gasteiger partial charge in [-0.25, -0.2) is 0 Å². The molecule has 0 aliphatic heterocycles. The lowest BCUT2D eigenvalue weighted by atomic mass is 10.1. The molecule has 0 radical (unpaired) electrons. The molecule has 21 heavy (non-hydrogen) atoms. The Hall–Kier alpha value is -2.06. The third-order valence-corrected chi connectivity index (χ3v) is 5.20. The summed E-state index contributed by atoms with van der Waals surface area (Å²) in [6, 6.07) is 8.35. The molecule has 0 saturated heterocycles. The van der Waals surface area contributed by atoms with Gasteiger partial charge < -0.3 is 10.6 Å². The Labute approximate surface area is 127 Å². The Morgan fingerprint density at radius 3 is 2.90 bits per heavy atom. The van der Waals surface area contributed by atoms with Crippen LogP contribution in [-0.2, 0) is 0 Å². The molecule has 1 fully saturated rings. The van der Waals surface area contributed by atoms with Crippen molar-refractivity contribution in [1.29, 1.82) is 5.26 Å². The van der Waals surface area contributed by atoms with Gasteiger partial charge in [0.1, 0.15) is 4.88 Å². The quantitative estimate of drug-likeness (QED) is 0.941. The van der Waals surface area contributed by atoms with E-state index in [0.29, 0.717) is 23.5 Å². The second-order valence-corrected chi connectivity index (χ2v) is 6.45. The summed E-state index contributed by atoms with van der Waals surface area (Å²) in [5, 5.41) is 9.72. The van der Waals surface area contributed by atoms with E-state index in [2.05, 4.69) is 6.07 Å². The lowest BCUT2D eigenvalue weighted by Crippen LogP contribution is -2.33. The van der Waals surface area contributed by atoms with Crippen molar-refractivity contribution in [3.8, 4) is 6.07 Å². The van der Waals surface area contributed by atoms with Crippen LogP contribution in [0.1, 0.15) is 34.5 Å². The zero-order chi connectivity index (χ0) is 15.0. The molecule has 5 heteroatoms. The number of nitriles is 1. The number of fused-ring (bicyclic) bond motifs is 1. The topological polar surface area (TPSA) is 70.1 Å². The molecule has 0 unspecified atom stereocenters. The Kier molecular flexibility index (Phi) is 3.56. The van der Waals surface area contributed by atoms with Gasteiger partial charge in [-0.05, 0) is 25.3 Å². The minimum absolute atomic E-state index is 0.0224. The maximum absolute atomic E-state index is 12.8. The lowest BCUT2D eigenvalue weighted by molar-refractivity contribution is 0.0753. The Balaban J connectivity index is 1.99. The number of anilines is 1. The summed E-state index contributed by atoms with van der Waals surface area (Å²) in [7, 11) is 0. The maximum atomic E-state index is 12.8. The van der Waals surface area contributed by atoms with Crippen molar-refractivity contribution < 1.29 is 4.79 Å². The fraction of sp³-hybridized carbons (Fsp3) is 0.375. The van der Waals surface area contributed by atoms with E-state index in [1.165, 1.54) is 11.3 Å². The van der Waals surface area contributed by atoms with Crippen LogP contribution in [0.4, 0.5) is 5.69 Å². The fourth-order valence-corrected chi connectivity index (χ4v) is 3.72. The third kappa shape index (κ3) is 2.47. The van der Waals surface area contributed by atoms with Crippen molar-refractivity contribution in [3.63, 3.8) is 0 Å². The number of carbonyl (C=O) groups excluding carboxylic acids is 1. The number of nitrogens with two attached hydrogens (primary N) is 1. The SMILES string of the molecule is Cc1cccc2c(N)c(C(=O)N(CCC#N)C3CC3)sc12. The molecule has 0 atom stereocenters. The van der Waals surface area contributed by atoms with Gasteiger partial charge in [-0.2, -0.15) is 5.26 Å². The summed E-state index contributed by atoms with van der Waals surface area (Å²) in [4.78, 5) is 15.2. The summed E-state index contributed by atoms with van der Waals surface area (Å²) in [5.74, 6) is -0.0224. The molecule has 3 rings (SSSR count). The molecule has 108 valence electrons. The first-order valence-corrected chi connectivity index (χ1v) is 7.90. The van der Waals surface area contributed by atoms with E-state index in [1.807, 2.05) is 30.0 Å². The van der Waals surface area contributed by atoms with E-state index >= 15 is 0 Å². The average molecular weight is 299 g/mol. The largest absolute Gasteiger partial charge is 0.397 e. The van der Waals surface area contributed by atoms with Crippen LogP contribution in [0, 0.1) is 18.3 Å². The number of rotatable bonds is 4. The molecule has 1 aromatic carbocycles. The maximum Gasteiger partial charge on any atom is 0.266 e. The van der Waals surface area contributed by atoms with Crippen LogP contribution in [0.3, 0.4) is 0 Å². The van der Waals surface area contributed by atoms with Crippen LogP contribution in [0.2, 0.25) is 0 Å². The molecule has 1 aliphatic rings. The molecule has 4 nitrogen and oxygen atoms in total. The molecule has 0 spiro atoms. The molecule has 2 aromatic rings. The van der Waals surface area contributed by atoms with Gasteiger partial charge in [0.2, 0.25) is 0 Å². The van der Waals surface area contributed by atoms with Crippen molar-refractivity contribution >= 4 is 33.0 Å². The first-order chi connectivity index (χ1) is 10.1. The monoisotopic (exact) mass is 299 g/mol. The van der Waals surface area contributed by atoms with Gasteiger partial charge in [0, 0.05) is 22.7 Å². The first-order valence-electron chi connectivity index (χ1n) is 7.09. The van der Waals surface area contributed by atoms with Crippen molar-refractivity contribution in [2.75, 3.05) is 12.3 Å². The van der Waals surface area contributed by atoms with Crippen LogP contribution in [0.15, 0.2) is 18.2 Å². The Morgan fingerprint density at radius 1 is 1.52 bits per heavy atom. The van der Waals surface area contributed by atoms with E-state index in [0.717, 1.165) is 28.5 Å². The summed E-state index contributed by atoms with van der Waals surface area (Å²) >= 11 is 1.47. The molecule has 2 N–H and O–H groups in total. The highest BCUT2D eigenvalue weighted by atomic mass is 32.1. The van der Waals surface area contributed by atoms with Crippen molar-refractivity contribution in [2.45, 2.75) is 32.2 Å². The lowest BCUT2D eigenvalue weighted by Gasteiger charge is -2.20. The fourth-order valence-electron chi connectivity index (χ4n) is 2.58. The molecule has 1 aromatic heterocycles. The van der Waals surface area contributed by atoms with Crippen LogP contribution >= 0.6 is 11.3 Å². The van der Waals surface area contributed by atoms with Crippen LogP contribution < -0.4 is 5.73 Å². The molecule has 0 bridgehead atoms. The molecular formula is C16H17N3OS. The van der Waals surface area contributed by atoms with E-state index in [1.54, 1.807) is 0 Å². The van der Waals surface area contributed by atoms with Gasteiger partial charge in [0.15, 0.2) is 0 Å². The van der Waals surface area contributed by atoms with Crippen LogP contribution in [-0.4, -0.2) is 23.4 Å². The summed E-state index contributed by atoms with van der Waals surface area (Å²) in [5.41, 5.74) is 7.91. The molecule has 1 amide bonds. The second kappa shape index (κ2) is 5.38. The predicted molar refractivity (Wildman–Crippen MR) is 85.3 cm³/mol. The summed E-state index contributed by atoms with van der Waals surface area (Å²) < 4.78 is 1.08. The van der Waals surface area contributed by atoms with Gasteiger partial charge in [-0.3, -0.25) is 4.79 Å². The number of hydrogen-bond donors (Lipinski definition) is 1. The molecule has 1 saturated carbocycles. The number of carbonyl (C=O) groups is 1. The molecule has 1 aliphatic carbocycles. The Bertz CT molecular complexity index is 740. The van der Waals surface area contributed by atoms with E-state index in [4.69, 9.17) is 11.0 Å². The molecule has 1 heterocycles. The smallest absolute Gasteiger partial charge is 0.266 e. The van der Waals surface area contributed by atoms with Gasteiger partial charge >= 0.3 is 0 Å². The highest BCUT2D eigenvalue weighted by Crippen LogP contribution is 2.38. The van der Waals surface area contributed by atoms with Crippen molar-refractivity contribution in [1.82, 2.24) is 4.90 Å². The Morgan fingerprint density at radius 2 is 2.29 bits per heavy atom. The first kappa shape index (κ1) is 13.9. The highest BCUT2D eigenvalue weighted by molar-refractivity contribution is 7.21. The number of benzene rings is 1. The third-order valence-electron chi connectivity index (χ3n) is 3.86. The van der Waals surface area contributed by atoms with Crippen LogP contribution in [0.5, 0.6) is 0 Å². The number of nitrogens with zero attached hydrogens (tertiary/aromatic N) is 2. The number of thiophene rings is 1. The van der Waals surface area contributed by atoms with Gasteiger partial charge in [-0.1, -0.05) is 18.2 Å². The van der Waals surface area contributed by atoms with Gasteiger partial charge in [-0.15, -0.1) is 11.3 Å². The summed E-state index contributed by atoms with van der Waals surface area (Å²) in [6.07, 6.45) is 2.42. The minimum atomic E-state index is -0.0224. The zero-order valence-corrected chi connectivity index (χ0v) is 12.7. The van der Waals surface area contributed by atoms with E-state index in [-0.39, 0.29) is 11.9 Å². The van der Waals surface area contributed by atoms with E-state index < -0.39 is 0 Å².